The van der Waals surface area contributed by atoms with Gasteiger partial charge >= 0.3 is 0 Å². The van der Waals surface area contributed by atoms with E-state index in [0.717, 1.165) is 42.3 Å². The van der Waals surface area contributed by atoms with Gasteiger partial charge in [0.05, 0.1) is 5.39 Å². The molecule has 1 amide bonds. The van der Waals surface area contributed by atoms with Crippen LogP contribution in [-0.4, -0.2) is 21.5 Å². The zero-order valence-electron chi connectivity index (χ0n) is 15.6. The molecule has 2 aliphatic rings. The summed E-state index contributed by atoms with van der Waals surface area (Å²) in [5, 5.41) is 3.87. The summed E-state index contributed by atoms with van der Waals surface area (Å²) in [5.74, 6) is 1.23. The van der Waals surface area contributed by atoms with E-state index >= 15 is 0 Å². The van der Waals surface area contributed by atoms with Gasteiger partial charge in [0.25, 0.3) is 5.56 Å². The molecular formula is C20H27N3O2S. The topological polar surface area (TPSA) is 64.0 Å². The van der Waals surface area contributed by atoms with Crippen molar-refractivity contribution in [1.29, 1.82) is 0 Å². The van der Waals surface area contributed by atoms with E-state index in [2.05, 4.69) is 17.2 Å². The van der Waals surface area contributed by atoms with Gasteiger partial charge in [-0.15, -0.1) is 11.3 Å². The summed E-state index contributed by atoms with van der Waals surface area (Å²) in [6, 6.07) is 0.263. The van der Waals surface area contributed by atoms with Crippen LogP contribution in [0.3, 0.4) is 0 Å². The Hall–Kier alpha value is -1.69. The maximum atomic E-state index is 13.1. The number of hydrogen-bond acceptors (Lipinski definition) is 4. The average Bonchev–Trinajstić information content (AvgIpc) is 2.96. The van der Waals surface area contributed by atoms with Gasteiger partial charge in [0.15, 0.2) is 0 Å². The van der Waals surface area contributed by atoms with Crippen molar-refractivity contribution in [2.45, 2.75) is 77.8 Å². The number of aryl methyl sites for hydroxylation is 2. The molecule has 2 aliphatic carbocycles. The van der Waals surface area contributed by atoms with Crippen molar-refractivity contribution < 1.29 is 4.79 Å². The second-order valence-electron chi connectivity index (χ2n) is 7.98. The summed E-state index contributed by atoms with van der Waals surface area (Å²) in [6.07, 6.45) is 8.82. The zero-order chi connectivity index (χ0) is 18.3. The molecule has 0 spiro atoms. The lowest BCUT2D eigenvalue weighted by molar-refractivity contribution is -0.122. The molecule has 0 bridgehead atoms. The Morgan fingerprint density at radius 2 is 2.04 bits per heavy atom. The van der Waals surface area contributed by atoms with E-state index in [0.29, 0.717) is 11.7 Å². The first kappa shape index (κ1) is 17.7. The highest BCUT2D eigenvalue weighted by Gasteiger charge is 2.24. The van der Waals surface area contributed by atoms with E-state index < -0.39 is 0 Å². The van der Waals surface area contributed by atoms with Crippen LogP contribution in [0, 0.1) is 12.8 Å². The molecule has 1 fully saturated rings. The van der Waals surface area contributed by atoms with Gasteiger partial charge < -0.3 is 5.32 Å². The lowest BCUT2D eigenvalue weighted by Crippen LogP contribution is -2.40. The maximum Gasteiger partial charge on any atom is 0.263 e. The number of amides is 1. The number of hydrogen-bond donors (Lipinski definition) is 1. The summed E-state index contributed by atoms with van der Waals surface area (Å²) < 4.78 is 1.56. The molecule has 0 aliphatic heterocycles. The fraction of sp³-hybridized carbons (Fsp3) is 0.650. The Labute approximate surface area is 157 Å². The van der Waals surface area contributed by atoms with Crippen molar-refractivity contribution in [3.05, 3.63) is 26.6 Å². The number of nitrogens with one attached hydrogen (secondary N) is 1. The predicted octanol–water partition coefficient (Wildman–Crippen LogP) is 3.34. The molecule has 0 radical (unpaired) electrons. The number of thiophene rings is 1. The third-order valence-corrected chi connectivity index (χ3v) is 7.03. The highest BCUT2D eigenvalue weighted by molar-refractivity contribution is 7.18. The fourth-order valence-electron chi connectivity index (χ4n) is 4.37. The van der Waals surface area contributed by atoms with Gasteiger partial charge in [-0.25, -0.2) is 4.98 Å². The van der Waals surface area contributed by atoms with E-state index in [1.807, 2.05) is 6.92 Å². The quantitative estimate of drug-likeness (QED) is 0.897. The molecule has 1 saturated carbocycles. The molecule has 6 heteroatoms. The van der Waals surface area contributed by atoms with E-state index in [-0.39, 0.29) is 24.1 Å². The van der Waals surface area contributed by atoms with Gasteiger partial charge in [0.1, 0.15) is 17.2 Å². The Bertz CT molecular complexity index is 893. The van der Waals surface area contributed by atoms with Crippen molar-refractivity contribution >= 4 is 27.5 Å². The van der Waals surface area contributed by atoms with Crippen LogP contribution >= 0.6 is 11.3 Å². The van der Waals surface area contributed by atoms with Gasteiger partial charge in [-0.2, -0.15) is 0 Å². The highest BCUT2D eigenvalue weighted by Crippen LogP contribution is 2.35. The van der Waals surface area contributed by atoms with Gasteiger partial charge in [-0.3, -0.25) is 14.2 Å². The molecule has 1 unspecified atom stereocenters. The summed E-state index contributed by atoms with van der Waals surface area (Å²) >= 11 is 1.66. The highest BCUT2D eigenvalue weighted by atomic mass is 32.1. The average molecular weight is 374 g/mol. The summed E-state index contributed by atoms with van der Waals surface area (Å²) in [5.41, 5.74) is 1.14. The molecule has 2 aromatic rings. The molecular weight excluding hydrogens is 346 g/mol. The van der Waals surface area contributed by atoms with E-state index in [9.17, 15) is 9.59 Å². The van der Waals surface area contributed by atoms with Crippen molar-refractivity contribution in [1.82, 2.24) is 14.9 Å². The van der Waals surface area contributed by atoms with Crippen LogP contribution in [0.1, 0.15) is 61.7 Å². The Morgan fingerprint density at radius 3 is 2.81 bits per heavy atom. The monoisotopic (exact) mass is 373 g/mol. The Kier molecular flexibility index (Phi) is 4.86. The van der Waals surface area contributed by atoms with Crippen LogP contribution in [0.5, 0.6) is 0 Å². The molecule has 4 rings (SSSR count). The second kappa shape index (κ2) is 7.14. The number of rotatable bonds is 3. The first-order valence-electron chi connectivity index (χ1n) is 9.84. The van der Waals surface area contributed by atoms with Crippen LogP contribution in [0.25, 0.3) is 10.2 Å². The molecule has 26 heavy (non-hydrogen) atoms. The van der Waals surface area contributed by atoms with Gasteiger partial charge in [-0.05, 0) is 50.5 Å². The Balaban J connectivity index is 1.62. The number of carbonyl (C=O) groups excluding carboxylic acids is 1. The molecule has 140 valence electrons. The van der Waals surface area contributed by atoms with Crippen LogP contribution in [0.15, 0.2) is 4.79 Å². The van der Waals surface area contributed by atoms with Gasteiger partial charge in [0.2, 0.25) is 5.91 Å². The first-order chi connectivity index (χ1) is 12.5. The minimum atomic E-state index is -0.0685. The van der Waals surface area contributed by atoms with Crippen LogP contribution in [-0.2, 0) is 24.2 Å². The number of carbonyl (C=O) groups is 1. The largest absolute Gasteiger partial charge is 0.352 e. The smallest absolute Gasteiger partial charge is 0.263 e. The van der Waals surface area contributed by atoms with E-state index in [1.165, 1.54) is 29.7 Å². The number of aromatic nitrogens is 2. The molecule has 0 aromatic carbocycles. The third kappa shape index (κ3) is 3.31. The van der Waals surface area contributed by atoms with Crippen LogP contribution < -0.4 is 10.9 Å². The second-order valence-corrected chi connectivity index (χ2v) is 9.07. The lowest BCUT2D eigenvalue weighted by atomic mass is 9.89. The number of nitrogens with zero attached hydrogens (tertiary/aromatic N) is 2. The molecule has 2 heterocycles. The Morgan fingerprint density at radius 1 is 1.27 bits per heavy atom. The maximum absolute atomic E-state index is 13.1. The fourth-order valence-corrected chi connectivity index (χ4v) is 5.79. The molecule has 1 atom stereocenters. The third-order valence-electron chi connectivity index (χ3n) is 5.88. The van der Waals surface area contributed by atoms with E-state index in [4.69, 9.17) is 0 Å². The normalized spacial score (nSPS) is 20.9. The zero-order valence-corrected chi connectivity index (χ0v) is 16.5. The molecule has 2 aromatic heterocycles. The molecule has 1 N–H and O–H groups in total. The van der Waals surface area contributed by atoms with Crippen molar-refractivity contribution in [3.8, 4) is 0 Å². The number of fused-ring (bicyclic) bond motifs is 3. The van der Waals surface area contributed by atoms with Gasteiger partial charge in [0, 0.05) is 10.9 Å². The first-order valence-corrected chi connectivity index (χ1v) is 10.7. The summed E-state index contributed by atoms with van der Waals surface area (Å²) in [4.78, 5) is 32.5. The summed E-state index contributed by atoms with van der Waals surface area (Å²) in [7, 11) is 0. The van der Waals surface area contributed by atoms with Crippen molar-refractivity contribution in [3.63, 3.8) is 0 Å². The van der Waals surface area contributed by atoms with Crippen molar-refractivity contribution in [2.24, 2.45) is 5.92 Å². The van der Waals surface area contributed by atoms with Crippen LogP contribution in [0.4, 0.5) is 0 Å². The molecule has 5 nitrogen and oxygen atoms in total. The summed E-state index contributed by atoms with van der Waals surface area (Å²) in [6.45, 7) is 4.17. The predicted molar refractivity (Wildman–Crippen MR) is 105 cm³/mol. The van der Waals surface area contributed by atoms with Gasteiger partial charge in [-0.1, -0.05) is 26.2 Å². The molecule has 0 saturated heterocycles. The van der Waals surface area contributed by atoms with E-state index in [1.54, 1.807) is 15.9 Å². The minimum Gasteiger partial charge on any atom is -0.352 e. The van der Waals surface area contributed by atoms with Crippen LogP contribution in [0.2, 0.25) is 0 Å². The minimum absolute atomic E-state index is 0.0432. The lowest BCUT2D eigenvalue weighted by Gasteiger charge is -2.23. The SMILES string of the molecule is Cc1nc2sc3c(c2c(=O)n1CC(=O)NC1CCCCC1)CCC(C)C3. The standard InChI is InChI=1S/C20H27N3O2S/c1-12-8-9-15-16(10-12)26-19-18(15)20(25)23(13(2)21-19)11-17(24)22-14-6-4-3-5-7-14/h12,14H,3-11H2,1-2H3,(H,22,24). The van der Waals surface area contributed by atoms with Crippen molar-refractivity contribution in [2.75, 3.05) is 0 Å².